The minimum absolute atomic E-state index is 0.0411. The van der Waals surface area contributed by atoms with Crippen LogP contribution in [0.25, 0.3) is 10.9 Å². The molecule has 4 N–H and O–H groups in total. The first kappa shape index (κ1) is 18.5. The summed E-state index contributed by atoms with van der Waals surface area (Å²) in [6.07, 6.45) is 5.81. The monoisotopic (exact) mass is 329 g/mol. The Morgan fingerprint density at radius 1 is 1.29 bits per heavy atom. The maximum atomic E-state index is 9.88. The van der Waals surface area contributed by atoms with Crippen LogP contribution in [-0.2, 0) is 6.42 Å². The molecule has 0 bridgehead atoms. The average Bonchev–Trinajstić information content (AvgIpc) is 2.57. The van der Waals surface area contributed by atoms with Crippen molar-refractivity contribution < 1.29 is 5.11 Å². The molecule has 1 radical (unpaired) electrons. The summed E-state index contributed by atoms with van der Waals surface area (Å²) < 4.78 is 0. The Balaban J connectivity index is 2.47. The maximum absolute atomic E-state index is 9.88. The molecule has 131 valence electrons. The van der Waals surface area contributed by atoms with Crippen LogP contribution in [0.1, 0.15) is 51.5 Å². The van der Waals surface area contributed by atoms with Gasteiger partial charge in [0.1, 0.15) is 5.82 Å². The maximum Gasteiger partial charge on any atom is 0.222 e. The lowest BCUT2D eigenvalue weighted by molar-refractivity contribution is 0.212. The lowest BCUT2D eigenvalue weighted by Crippen LogP contribution is -2.39. The number of aryl methyl sites for hydroxylation is 1. The molecule has 1 atom stereocenters. The van der Waals surface area contributed by atoms with E-state index in [9.17, 15) is 5.11 Å². The summed E-state index contributed by atoms with van der Waals surface area (Å²) in [6, 6.07) is 6.05. The molecule has 1 heterocycles. The van der Waals surface area contributed by atoms with Crippen molar-refractivity contribution >= 4 is 22.7 Å². The van der Waals surface area contributed by atoms with Crippen molar-refractivity contribution in [2.24, 2.45) is 0 Å². The Morgan fingerprint density at radius 3 is 2.75 bits per heavy atom. The number of hydrogen-bond acceptors (Lipinski definition) is 5. The van der Waals surface area contributed by atoms with E-state index in [2.05, 4.69) is 35.2 Å². The number of rotatable bonds is 9. The number of nitrogen functional groups attached to an aromatic ring is 1. The van der Waals surface area contributed by atoms with Gasteiger partial charge in [-0.2, -0.15) is 4.98 Å². The predicted molar refractivity (Wildman–Crippen MR) is 101 cm³/mol. The van der Waals surface area contributed by atoms with Crippen molar-refractivity contribution in [1.29, 1.82) is 0 Å². The minimum Gasteiger partial charge on any atom is -0.394 e. The van der Waals surface area contributed by atoms with Crippen molar-refractivity contribution in [2.75, 3.05) is 17.7 Å². The molecular formula is C19H29N4O. The number of nitrogens with two attached hydrogens (primary N) is 1. The Bertz CT molecular complexity index is 674. The molecule has 0 fully saturated rings. The summed E-state index contributed by atoms with van der Waals surface area (Å²) in [7, 11) is 0. The number of nitrogens with one attached hydrogen (secondary N) is 1. The van der Waals surface area contributed by atoms with E-state index >= 15 is 0 Å². The summed E-state index contributed by atoms with van der Waals surface area (Å²) in [5.41, 5.74) is 7.50. The van der Waals surface area contributed by atoms with Crippen LogP contribution >= 0.6 is 0 Å². The van der Waals surface area contributed by atoms with Crippen molar-refractivity contribution in [1.82, 2.24) is 9.97 Å². The van der Waals surface area contributed by atoms with Crippen molar-refractivity contribution in [3.8, 4) is 0 Å². The number of benzene rings is 1. The van der Waals surface area contributed by atoms with Gasteiger partial charge in [0.15, 0.2) is 0 Å². The molecule has 2 rings (SSSR count). The number of hydrogen-bond donors (Lipinski definition) is 3. The first-order valence-corrected chi connectivity index (χ1v) is 8.76. The van der Waals surface area contributed by atoms with Crippen LogP contribution in [0, 0.1) is 6.92 Å². The zero-order valence-electron chi connectivity index (χ0n) is 14.8. The normalized spacial score (nSPS) is 13.8. The molecule has 1 aromatic carbocycles. The van der Waals surface area contributed by atoms with Crippen molar-refractivity contribution in [3.63, 3.8) is 0 Å². The Hall–Kier alpha value is -1.88. The van der Waals surface area contributed by atoms with E-state index in [-0.39, 0.29) is 12.6 Å². The smallest absolute Gasteiger partial charge is 0.222 e. The van der Waals surface area contributed by atoms with Crippen molar-refractivity contribution in [3.05, 3.63) is 30.7 Å². The summed E-state index contributed by atoms with van der Waals surface area (Å²) in [5, 5.41) is 14.3. The van der Waals surface area contributed by atoms with Gasteiger partial charge in [-0.3, -0.25) is 0 Å². The molecule has 0 unspecified atom stereocenters. The fraction of sp³-hybridized carbons (Fsp3) is 0.526. The molecule has 0 aliphatic carbocycles. The second-order valence-electron chi connectivity index (χ2n) is 6.65. The first-order valence-electron chi connectivity index (χ1n) is 8.76. The number of aliphatic hydroxyl groups is 1. The van der Waals surface area contributed by atoms with E-state index in [0.29, 0.717) is 5.82 Å². The third-order valence-electron chi connectivity index (χ3n) is 4.37. The standard InChI is InChI=1S/C19H29N4O/c1-4-6-9-14-10-8-11-15-16(14)17(22-18(20)21-15)23-19(3,13-24)12-7-5-2/h8,10-11,24H,1,4-7,9,12-13H2,2-3H3,(H3,20,21,22,23)/t19-/m1/s1. The Labute approximate surface area is 144 Å². The molecule has 24 heavy (non-hydrogen) atoms. The SMILES string of the molecule is [CH2]CCCc1cccc2nc(N)nc(N[C@@](C)(CO)CCCC)c12. The highest BCUT2D eigenvalue weighted by atomic mass is 16.3. The molecule has 0 aliphatic rings. The second-order valence-corrected chi connectivity index (χ2v) is 6.65. The highest BCUT2D eigenvalue weighted by Gasteiger charge is 2.24. The van der Waals surface area contributed by atoms with Crippen LogP contribution in [0.5, 0.6) is 0 Å². The minimum atomic E-state index is -0.427. The van der Waals surface area contributed by atoms with E-state index in [0.717, 1.165) is 49.4 Å². The molecule has 0 saturated carbocycles. The predicted octanol–water partition coefficient (Wildman–Crippen LogP) is 3.72. The van der Waals surface area contributed by atoms with Gasteiger partial charge in [-0.05, 0) is 37.8 Å². The zero-order valence-corrected chi connectivity index (χ0v) is 14.8. The molecule has 0 saturated heterocycles. The number of anilines is 2. The quantitative estimate of drug-likeness (QED) is 0.653. The van der Waals surface area contributed by atoms with E-state index in [1.807, 2.05) is 19.1 Å². The van der Waals surface area contributed by atoms with Crippen LogP contribution in [0.2, 0.25) is 0 Å². The molecular weight excluding hydrogens is 300 g/mol. The summed E-state index contributed by atoms with van der Waals surface area (Å²) in [6.45, 7) is 8.13. The third kappa shape index (κ3) is 4.35. The second kappa shape index (κ2) is 8.29. The fourth-order valence-corrected chi connectivity index (χ4v) is 2.92. The van der Waals surface area contributed by atoms with Gasteiger partial charge in [-0.15, -0.1) is 0 Å². The van der Waals surface area contributed by atoms with Crippen LogP contribution in [0.3, 0.4) is 0 Å². The molecule has 0 aliphatic heterocycles. The fourth-order valence-electron chi connectivity index (χ4n) is 2.92. The lowest BCUT2D eigenvalue weighted by Gasteiger charge is -2.30. The number of aromatic nitrogens is 2. The summed E-state index contributed by atoms with van der Waals surface area (Å²) in [4.78, 5) is 8.81. The highest BCUT2D eigenvalue weighted by molar-refractivity contribution is 5.93. The molecule has 0 spiro atoms. The molecule has 0 amide bonds. The van der Waals surface area contributed by atoms with E-state index < -0.39 is 5.54 Å². The number of unbranched alkanes of at least 4 members (excludes halogenated alkanes) is 2. The van der Waals surface area contributed by atoms with Gasteiger partial charge >= 0.3 is 0 Å². The molecule has 5 nitrogen and oxygen atoms in total. The van der Waals surface area contributed by atoms with E-state index in [1.165, 1.54) is 5.56 Å². The summed E-state index contributed by atoms with van der Waals surface area (Å²) in [5.74, 6) is 0.958. The topological polar surface area (TPSA) is 84.1 Å². The van der Waals surface area contributed by atoms with Gasteiger partial charge < -0.3 is 16.2 Å². The van der Waals surface area contributed by atoms with Crippen molar-refractivity contribution in [2.45, 2.75) is 57.9 Å². The summed E-state index contributed by atoms with van der Waals surface area (Å²) >= 11 is 0. The third-order valence-corrected chi connectivity index (χ3v) is 4.37. The van der Waals surface area contributed by atoms with Gasteiger partial charge in [0.25, 0.3) is 0 Å². The number of nitrogens with zero attached hydrogens (tertiary/aromatic N) is 2. The Kier molecular flexibility index (Phi) is 6.37. The van der Waals surface area contributed by atoms with Gasteiger partial charge in [-0.1, -0.05) is 45.2 Å². The van der Waals surface area contributed by atoms with E-state index in [4.69, 9.17) is 5.73 Å². The van der Waals surface area contributed by atoms with Crippen LogP contribution in [0.15, 0.2) is 18.2 Å². The van der Waals surface area contributed by atoms with Gasteiger partial charge in [0.05, 0.1) is 17.7 Å². The number of aliphatic hydroxyl groups excluding tert-OH is 1. The van der Waals surface area contributed by atoms with Gasteiger partial charge in [0, 0.05) is 5.39 Å². The van der Waals surface area contributed by atoms with Crippen LogP contribution in [-0.4, -0.2) is 27.2 Å². The van der Waals surface area contributed by atoms with Gasteiger partial charge in [-0.25, -0.2) is 4.98 Å². The van der Waals surface area contributed by atoms with E-state index in [1.54, 1.807) is 0 Å². The van der Waals surface area contributed by atoms with Gasteiger partial charge in [0.2, 0.25) is 5.95 Å². The first-order chi connectivity index (χ1) is 11.5. The lowest BCUT2D eigenvalue weighted by atomic mass is 9.95. The largest absolute Gasteiger partial charge is 0.394 e. The highest BCUT2D eigenvalue weighted by Crippen LogP contribution is 2.29. The molecule has 5 heteroatoms. The molecule has 1 aromatic heterocycles. The average molecular weight is 329 g/mol. The number of fused-ring (bicyclic) bond motifs is 1. The van der Waals surface area contributed by atoms with Crippen LogP contribution < -0.4 is 11.1 Å². The molecule has 2 aromatic rings. The van der Waals surface area contributed by atoms with Crippen LogP contribution in [0.4, 0.5) is 11.8 Å². The zero-order chi connectivity index (χ0) is 17.6. The Morgan fingerprint density at radius 2 is 2.08 bits per heavy atom.